The molecule has 1 aromatic carbocycles. The Hall–Kier alpha value is -2.74. The summed E-state index contributed by atoms with van der Waals surface area (Å²) in [6, 6.07) is 5.13. The number of nitrogens with one attached hydrogen (secondary N) is 1. The van der Waals surface area contributed by atoms with Crippen molar-refractivity contribution < 1.29 is 19.0 Å². The van der Waals surface area contributed by atoms with Gasteiger partial charge in [-0.25, -0.2) is 9.97 Å². The zero-order chi connectivity index (χ0) is 17.9. The fourth-order valence-electron chi connectivity index (χ4n) is 2.69. The molecule has 4 rings (SSSR count). The molecule has 1 aromatic heterocycles. The largest absolute Gasteiger partial charge is 0.454 e. The number of ether oxygens (including phenoxy) is 3. The number of benzene rings is 1. The van der Waals surface area contributed by atoms with E-state index in [-0.39, 0.29) is 30.2 Å². The number of aromatic nitrogens is 2. The van der Waals surface area contributed by atoms with Gasteiger partial charge >= 0.3 is 0 Å². The third-order valence-corrected chi connectivity index (χ3v) is 5.28. The number of thioether (sulfide) groups is 1. The lowest BCUT2D eigenvalue weighted by Gasteiger charge is -2.16. The lowest BCUT2D eigenvalue weighted by atomic mass is 10.2. The number of fused-ring (bicyclic) bond motifs is 1. The summed E-state index contributed by atoms with van der Waals surface area (Å²) >= 11 is 1.76. The van der Waals surface area contributed by atoms with Gasteiger partial charge in [0.05, 0.1) is 6.04 Å². The van der Waals surface area contributed by atoms with Crippen LogP contribution in [0.4, 0.5) is 0 Å². The first-order chi connectivity index (χ1) is 12.7. The van der Waals surface area contributed by atoms with Gasteiger partial charge in [-0.2, -0.15) is 0 Å². The second-order valence-corrected chi connectivity index (χ2v) is 6.97. The molecule has 134 valence electrons. The average Bonchev–Trinajstić information content (AvgIpc) is 3.33. The van der Waals surface area contributed by atoms with Crippen LogP contribution in [0.25, 0.3) is 0 Å². The molecule has 1 atom stereocenters. The van der Waals surface area contributed by atoms with E-state index >= 15 is 0 Å². The first-order valence-electron chi connectivity index (χ1n) is 8.22. The van der Waals surface area contributed by atoms with Crippen molar-refractivity contribution in [3.05, 3.63) is 47.3 Å². The summed E-state index contributed by atoms with van der Waals surface area (Å²) in [4.78, 5) is 21.9. The molecule has 0 spiro atoms. The van der Waals surface area contributed by atoms with E-state index in [2.05, 4.69) is 21.4 Å². The van der Waals surface area contributed by atoms with Gasteiger partial charge in [0.1, 0.15) is 17.6 Å². The molecule has 3 heterocycles. The number of nitrogens with zero attached hydrogens (tertiary/aromatic N) is 2. The topological polar surface area (TPSA) is 82.6 Å². The van der Waals surface area contributed by atoms with E-state index in [0.29, 0.717) is 17.2 Å². The molecular formula is C18H17N3O4S. The van der Waals surface area contributed by atoms with Crippen LogP contribution in [0.1, 0.15) is 23.7 Å². The van der Waals surface area contributed by atoms with E-state index in [1.807, 2.05) is 6.92 Å². The van der Waals surface area contributed by atoms with E-state index in [4.69, 9.17) is 14.2 Å². The molecule has 0 saturated heterocycles. The number of hydrogen-bond donors (Lipinski definition) is 1. The van der Waals surface area contributed by atoms with Gasteiger partial charge < -0.3 is 19.5 Å². The van der Waals surface area contributed by atoms with Gasteiger partial charge in [0.2, 0.25) is 12.7 Å². The van der Waals surface area contributed by atoms with Gasteiger partial charge in [-0.15, -0.1) is 11.8 Å². The molecule has 0 bridgehead atoms. The summed E-state index contributed by atoms with van der Waals surface area (Å²) in [6.07, 6.45) is 5.99. The van der Waals surface area contributed by atoms with Crippen molar-refractivity contribution in [2.75, 3.05) is 12.5 Å². The van der Waals surface area contributed by atoms with Crippen LogP contribution in [0.5, 0.6) is 23.1 Å². The Morgan fingerprint density at radius 3 is 3.08 bits per heavy atom. The first-order valence-corrected chi connectivity index (χ1v) is 9.20. The molecule has 2 aromatic rings. The minimum absolute atomic E-state index is 0.0615. The molecule has 1 amide bonds. The fraction of sp³-hybridized carbons (Fsp3) is 0.278. The maximum absolute atomic E-state index is 12.7. The fourth-order valence-corrected chi connectivity index (χ4v) is 3.71. The summed E-state index contributed by atoms with van der Waals surface area (Å²) in [5, 5.41) is 2.97. The quantitative estimate of drug-likeness (QED) is 0.864. The Kier molecular flexibility index (Phi) is 4.66. The van der Waals surface area contributed by atoms with Crippen molar-refractivity contribution in [1.82, 2.24) is 15.3 Å². The highest BCUT2D eigenvalue weighted by molar-refractivity contribution is 8.03. The average molecular weight is 371 g/mol. The number of carbonyl (C=O) groups excluding carboxylic acids is 1. The van der Waals surface area contributed by atoms with E-state index < -0.39 is 0 Å². The maximum Gasteiger partial charge on any atom is 0.258 e. The smallest absolute Gasteiger partial charge is 0.258 e. The first kappa shape index (κ1) is 16.7. The lowest BCUT2D eigenvalue weighted by Crippen LogP contribution is -2.33. The van der Waals surface area contributed by atoms with Crippen LogP contribution in [0.2, 0.25) is 0 Å². The van der Waals surface area contributed by atoms with Gasteiger partial charge in [0, 0.05) is 22.9 Å². The molecule has 0 aliphatic carbocycles. The van der Waals surface area contributed by atoms with E-state index in [1.54, 1.807) is 30.0 Å². The second-order valence-electron chi connectivity index (χ2n) is 5.80. The number of hydrogen-bond acceptors (Lipinski definition) is 7. The molecule has 0 fully saturated rings. The Bertz CT molecular complexity index is 871. The number of amides is 1. The third kappa shape index (κ3) is 3.45. The highest BCUT2D eigenvalue weighted by Crippen LogP contribution is 2.36. The highest BCUT2D eigenvalue weighted by Gasteiger charge is 2.21. The summed E-state index contributed by atoms with van der Waals surface area (Å²) in [7, 11) is 0. The maximum atomic E-state index is 12.7. The Morgan fingerprint density at radius 1 is 1.35 bits per heavy atom. The number of carbonyl (C=O) groups is 1. The lowest BCUT2D eigenvalue weighted by molar-refractivity contribution is 0.0943. The van der Waals surface area contributed by atoms with E-state index in [1.165, 1.54) is 17.4 Å². The zero-order valence-electron chi connectivity index (χ0n) is 14.1. The van der Waals surface area contributed by atoms with Crippen LogP contribution in [0.15, 0.2) is 41.7 Å². The van der Waals surface area contributed by atoms with Crippen molar-refractivity contribution in [3.8, 4) is 23.1 Å². The van der Waals surface area contributed by atoms with Crippen molar-refractivity contribution in [1.29, 1.82) is 0 Å². The summed E-state index contributed by atoms with van der Waals surface area (Å²) in [5.74, 6) is 2.74. The van der Waals surface area contributed by atoms with Crippen LogP contribution in [0, 0.1) is 0 Å². The Morgan fingerprint density at radius 2 is 2.23 bits per heavy atom. The van der Waals surface area contributed by atoms with E-state index in [9.17, 15) is 4.79 Å². The molecule has 0 saturated carbocycles. The monoisotopic (exact) mass is 371 g/mol. The normalized spacial score (nSPS) is 16.1. The predicted octanol–water partition coefficient (Wildman–Crippen LogP) is 3.14. The summed E-state index contributed by atoms with van der Waals surface area (Å²) in [5.41, 5.74) is 0.278. The van der Waals surface area contributed by atoms with Crippen LogP contribution >= 0.6 is 11.8 Å². The van der Waals surface area contributed by atoms with Gasteiger partial charge in [0.25, 0.3) is 5.91 Å². The van der Waals surface area contributed by atoms with Crippen LogP contribution in [-0.4, -0.2) is 34.5 Å². The zero-order valence-corrected chi connectivity index (χ0v) is 14.9. The van der Waals surface area contributed by atoms with Crippen molar-refractivity contribution in [2.24, 2.45) is 0 Å². The minimum Gasteiger partial charge on any atom is -0.454 e. The molecule has 2 aliphatic rings. The van der Waals surface area contributed by atoms with Crippen molar-refractivity contribution in [2.45, 2.75) is 19.4 Å². The molecule has 1 N–H and O–H groups in total. The van der Waals surface area contributed by atoms with Gasteiger partial charge in [-0.05, 0) is 25.5 Å². The van der Waals surface area contributed by atoms with Gasteiger partial charge in [-0.3, -0.25) is 4.79 Å². The SMILES string of the molecule is C[C@H](NC(=O)c1cncnc1Oc1ccc2c(c1)OCO2)C1=CCCS1. The second kappa shape index (κ2) is 7.25. The van der Waals surface area contributed by atoms with Gasteiger partial charge in [-0.1, -0.05) is 6.08 Å². The molecule has 2 aliphatic heterocycles. The summed E-state index contributed by atoms with van der Waals surface area (Å²) in [6.45, 7) is 2.15. The van der Waals surface area contributed by atoms with Crippen LogP contribution in [0.3, 0.4) is 0 Å². The van der Waals surface area contributed by atoms with E-state index in [0.717, 1.165) is 12.2 Å². The molecule has 0 radical (unpaired) electrons. The standard InChI is InChI=1S/C18H17N3O4S/c1-11(16-3-2-6-26-16)21-17(22)13-8-19-9-20-18(13)25-12-4-5-14-15(7-12)24-10-23-14/h3-5,7-9,11H,2,6,10H2,1H3,(H,21,22)/t11-/m0/s1. The number of rotatable bonds is 5. The summed E-state index contributed by atoms with van der Waals surface area (Å²) < 4.78 is 16.4. The Balaban J connectivity index is 1.52. The minimum atomic E-state index is -0.276. The molecule has 7 nitrogen and oxygen atoms in total. The molecule has 0 unspecified atom stereocenters. The predicted molar refractivity (Wildman–Crippen MR) is 96.8 cm³/mol. The van der Waals surface area contributed by atoms with Gasteiger partial charge in [0.15, 0.2) is 11.5 Å². The third-order valence-electron chi connectivity index (χ3n) is 3.99. The van der Waals surface area contributed by atoms with Crippen molar-refractivity contribution >= 4 is 17.7 Å². The number of allylic oxidation sites excluding steroid dienone is 1. The van der Waals surface area contributed by atoms with Crippen LogP contribution < -0.4 is 19.5 Å². The molecular weight excluding hydrogens is 354 g/mol. The van der Waals surface area contributed by atoms with Crippen molar-refractivity contribution in [3.63, 3.8) is 0 Å². The Labute approximate surface area is 154 Å². The molecule has 8 heteroatoms. The molecule has 26 heavy (non-hydrogen) atoms. The highest BCUT2D eigenvalue weighted by atomic mass is 32.2. The van der Waals surface area contributed by atoms with Crippen LogP contribution in [-0.2, 0) is 0 Å².